The van der Waals surface area contributed by atoms with Crippen LogP contribution in [0, 0.1) is 0 Å². The molecular weight excluding hydrogens is 478 g/mol. The van der Waals surface area contributed by atoms with Crippen molar-refractivity contribution in [3.8, 4) is 27.5 Å². The van der Waals surface area contributed by atoms with E-state index in [0.717, 1.165) is 27.2 Å². The number of thiophene rings is 1. The summed E-state index contributed by atoms with van der Waals surface area (Å²) in [6.07, 6.45) is 3.68. The van der Waals surface area contributed by atoms with Crippen LogP contribution in [0.5, 0.6) is 0 Å². The molecule has 4 aromatic heterocycles. The molecule has 1 N–H and O–H groups in total. The van der Waals surface area contributed by atoms with Crippen LogP contribution in [-0.2, 0) is 0 Å². The van der Waals surface area contributed by atoms with Crippen molar-refractivity contribution >= 4 is 45.0 Å². The van der Waals surface area contributed by atoms with Gasteiger partial charge in [0.1, 0.15) is 11.3 Å². The number of anilines is 1. The maximum Gasteiger partial charge on any atom is 0.345 e. The molecule has 0 fully saturated rings. The fourth-order valence-corrected chi connectivity index (χ4v) is 5.04. The summed E-state index contributed by atoms with van der Waals surface area (Å²) in [7, 11) is 0. The second kappa shape index (κ2) is 9.13. The van der Waals surface area contributed by atoms with Gasteiger partial charge in [-0.05, 0) is 35.7 Å². The average Bonchev–Trinajstić information content (AvgIpc) is 3.65. The predicted molar refractivity (Wildman–Crippen MR) is 142 cm³/mol. The summed E-state index contributed by atoms with van der Waals surface area (Å²) >= 11 is 2.99. The number of hydrazone groups is 1. The lowest BCUT2D eigenvalue weighted by atomic mass is 10.1. The number of fused-ring (bicyclic) bond motifs is 1. The van der Waals surface area contributed by atoms with Gasteiger partial charge in [0.25, 0.3) is 0 Å². The molecule has 0 aliphatic carbocycles. The number of hydrogen-bond donors (Lipinski definition) is 1. The van der Waals surface area contributed by atoms with Crippen molar-refractivity contribution in [2.24, 2.45) is 5.10 Å². The van der Waals surface area contributed by atoms with Crippen LogP contribution in [0.4, 0.5) is 5.13 Å². The topological polar surface area (TPSA) is 85.3 Å². The van der Waals surface area contributed by atoms with Gasteiger partial charge >= 0.3 is 5.63 Å². The number of aromatic nitrogens is 3. The van der Waals surface area contributed by atoms with E-state index in [4.69, 9.17) is 9.52 Å². The van der Waals surface area contributed by atoms with E-state index >= 15 is 0 Å². The van der Waals surface area contributed by atoms with Crippen molar-refractivity contribution in [2.45, 2.75) is 0 Å². The van der Waals surface area contributed by atoms with Crippen molar-refractivity contribution in [2.75, 3.05) is 5.43 Å². The quantitative estimate of drug-likeness (QED) is 0.167. The standard InChI is InChI=1S/C26H17N5O2S2/c32-25-20(13-17-7-4-5-10-22(17)33-25)21-16-35-26(28-21)29-27-14-18-15-31(19-8-2-1-3-9-19)30-24(18)23-11-6-12-34-23/h1-16H,(H,28,29)/b27-14-. The maximum absolute atomic E-state index is 12.5. The van der Waals surface area contributed by atoms with E-state index in [1.165, 1.54) is 11.3 Å². The third-order valence-corrected chi connectivity index (χ3v) is 6.93. The smallest absolute Gasteiger partial charge is 0.345 e. The number of nitrogens with one attached hydrogen (secondary N) is 1. The summed E-state index contributed by atoms with van der Waals surface area (Å²) in [5.41, 5.74) is 6.76. The lowest BCUT2D eigenvalue weighted by Crippen LogP contribution is -2.02. The van der Waals surface area contributed by atoms with Gasteiger partial charge in [-0.3, -0.25) is 5.43 Å². The van der Waals surface area contributed by atoms with E-state index < -0.39 is 5.63 Å². The minimum Gasteiger partial charge on any atom is -0.422 e. The van der Waals surface area contributed by atoms with Crippen LogP contribution in [0.15, 0.2) is 104 Å². The molecule has 0 spiro atoms. The first kappa shape index (κ1) is 21.2. The zero-order valence-corrected chi connectivity index (χ0v) is 19.8. The first-order chi connectivity index (χ1) is 17.2. The van der Waals surface area contributed by atoms with Gasteiger partial charge in [0, 0.05) is 22.5 Å². The molecule has 0 amide bonds. The Morgan fingerprint density at radius 1 is 1.00 bits per heavy atom. The highest BCUT2D eigenvalue weighted by Gasteiger charge is 2.13. The van der Waals surface area contributed by atoms with Gasteiger partial charge in [-0.15, -0.1) is 22.7 Å². The number of thiazole rings is 1. The summed E-state index contributed by atoms with van der Waals surface area (Å²) in [6.45, 7) is 0. The minimum absolute atomic E-state index is 0.418. The molecule has 9 heteroatoms. The first-order valence-corrected chi connectivity index (χ1v) is 12.5. The monoisotopic (exact) mass is 495 g/mol. The number of hydrogen-bond acceptors (Lipinski definition) is 8. The molecule has 7 nitrogen and oxygen atoms in total. The van der Waals surface area contributed by atoms with E-state index in [0.29, 0.717) is 22.0 Å². The van der Waals surface area contributed by atoms with Gasteiger partial charge in [-0.25, -0.2) is 14.5 Å². The third-order valence-electron chi connectivity index (χ3n) is 5.30. The highest BCUT2D eigenvalue weighted by atomic mass is 32.1. The van der Waals surface area contributed by atoms with Gasteiger partial charge < -0.3 is 4.42 Å². The Labute approximate surface area is 207 Å². The molecule has 0 unspecified atom stereocenters. The third kappa shape index (κ3) is 4.30. The van der Waals surface area contributed by atoms with Crippen LogP contribution in [0.2, 0.25) is 0 Å². The average molecular weight is 496 g/mol. The summed E-state index contributed by atoms with van der Waals surface area (Å²) < 4.78 is 7.28. The van der Waals surface area contributed by atoms with Gasteiger partial charge in [-0.2, -0.15) is 10.2 Å². The van der Waals surface area contributed by atoms with E-state index in [9.17, 15) is 4.79 Å². The fraction of sp³-hybridized carbons (Fsp3) is 0. The molecule has 6 aromatic rings. The van der Waals surface area contributed by atoms with Crippen molar-refractivity contribution in [3.63, 3.8) is 0 Å². The zero-order valence-electron chi connectivity index (χ0n) is 18.2. The molecule has 0 bridgehead atoms. The lowest BCUT2D eigenvalue weighted by molar-refractivity contribution is 0.563. The predicted octanol–water partition coefficient (Wildman–Crippen LogP) is 6.28. The Morgan fingerprint density at radius 3 is 2.71 bits per heavy atom. The van der Waals surface area contributed by atoms with Crippen molar-refractivity contribution in [3.05, 3.63) is 106 Å². The molecule has 0 aliphatic rings. The molecule has 0 radical (unpaired) electrons. The summed E-state index contributed by atoms with van der Waals surface area (Å²) in [5, 5.41) is 14.4. The Bertz CT molecular complexity index is 1700. The molecule has 0 atom stereocenters. The normalized spacial score (nSPS) is 11.4. The minimum atomic E-state index is -0.419. The molecule has 0 aliphatic heterocycles. The Balaban J connectivity index is 1.27. The molecule has 35 heavy (non-hydrogen) atoms. The SMILES string of the molecule is O=c1oc2ccccc2cc1-c1csc(N/N=C\c2cn(-c3ccccc3)nc2-c2cccs2)n1. The molecule has 170 valence electrons. The fourth-order valence-electron chi connectivity index (χ4n) is 3.65. The number of rotatable bonds is 6. The summed E-state index contributed by atoms with van der Waals surface area (Å²) in [4.78, 5) is 18.0. The summed E-state index contributed by atoms with van der Waals surface area (Å²) in [5.74, 6) is 0. The van der Waals surface area contributed by atoms with Crippen LogP contribution >= 0.6 is 22.7 Å². The Hall–Kier alpha value is -4.34. The Morgan fingerprint density at radius 2 is 1.86 bits per heavy atom. The molecule has 0 saturated heterocycles. The van der Waals surface area contributed by atoms with Gasteiger partial charge in [0.05, 0.1) is 28.0 Å². The van der Waals surface area contributed by atoms with Gasteiger partial charge in [0.15, 0.2) is 0 Å². The molecule has 6 rings (SSSR count). The van der Waals surface area contributed by atoms with Crippen molar-refractivity contribution in [1.82, 2.24) is 14.8 Å². The van der Waals surface area contributed by atoms with Crippen LogP contribution < -0.4 is 11.1 Å². The molecule has 4 heterocycles. The highest BCUT2D eigenvalue weighted by Crippen LogP contribution is 2.28. The van der Waals surface area contributed by atoms with Crippen molar-refractivity contribution in [1.29, 1.82) is 0 Å². The molecular formula is C26H17N5O2S2. The van der Waals surface area contributed by atoms with E-state index in [2.05, 4.69) is 15.5 Å². The summed E-state index contributed by atoms with van der Waals surface area (Å²) in [6, 6.07) is 23.2. The highest BCUT2D eigenvalue weighted by molar-refractivity contribution is 7.14. The van der Waals surface area contributed by atoms with Gasteiger partial charge in [-0.1, -0.05) is 42.5 Å². The van der Waals surface area contributed by atoms with Crippen LogP contribution in [0.25, 0.3) is 38.5 Å². The van der Waals surface area contributed by atoms with Crippen LogP contribution in [-0.4, -0.2) is 21.0 Å². The number of benzene rings is 2. The van der Waals surface area contributed by atoms with E-state index in [-0.39, 0.29) is 0 Å². The second-order valence-corrected chi connectivity index (χ2v) is 9.39. The maximum atomic E-state index is 12.5. The second-order valence-electron chi connectivity index (χ2n) is 7.58. The molecule has 2 aromatic carbocycles. The van der Waals surface area contributed by atoms with Crippen LogP contribution in [0.1, 0.15) is 5.56 Å². The zero-order chi connectivity index (χ0) is 23.6. The largest absolute Gasteiger partial charge is 0.422 e. The van der Waals surface area contributed by atoms with Crippen LogP contribution in [0.3, 0.4) is 0 Å². The lowest BCUT2D eigenvalue weighted by Gasteiger charge is -1.99. The van der Waals surface area contributed by atoms with E-state index in [1.54, 1.807) is 29.7 Å². The number of para-hydroxylation sites is 2. The molecule has 0 saturated carbocycles. The first-order valence-electron chi connectivity index (χ1n) is 10.7. The Kier molecular flexibility index (Phi) is 5.53. The number of nitrogens with zero attached hydrogens (tertiary/aromatic N) is 4. The van der Waals surface area contributed by atoms with E-state index in [1.807, 2.05) is 82.3 Å². The van der Waals surface area contributed by atoms with Gasteiger partial charge in [0.2, 0.25) is 5.13 Å². The van der Waals surface area contributed by atoms with Crippen molar-refractivity contribution < 1.29 is 4.42 Å².